The van der Waals surface area contributed by atoms with Gasteiger partial charge < -0.3 is 32.3 Å². The summed E-state index contributed by atoms with van der Waals surface area (Å²) in [5, 5.41) is 24.0. The van der Waals surface area contributed by atoms with Crippen LogP contribution in [0.15, 0.2) is 35.3 Å². The highest BCUT2D eigenvalue weighted by molar-refractivity contribution is 8.13. The molecule has 0 aromatic heterocycles. The molecule has 2 amide bonds. The van der Waals surface area contributed by atoms with Gasteiger partial charge in [-0.25, -0.2) is 0 Å². The quantitative estimate of drug-likeness (QED) is 0.125. The second kappa shape index (κ2) is 19.4. The van der Waals surface area contributed by atoms with Crippen molar-refractivity contribution in [3.63, 3.8) is 0 Å². The molecule has 4 unspecified atom stereocenters. The molecule has 0 spiro atoms. The summed E-state index contributed by atoms with van der Waals surface area (Å²) in [7, 11) is 0. The van der Waals surface area contributed by atoms with Crippen LogP contribution in [0.1, 0.15) is 57.8 Å². The Bertz CT molecular complexity index is 1230. The van der Waals surface area contributed by atoms with Crippen LogP contribution in [-0.4, -0.2) is 75.2 Å². The van der Waals surface area contributed by atoms with Gasteiger partial charge in [-0.3, -0.25) is 29.0 Å². The summed E-state index contributed by atoms with van der Waals surface area (Å²) in [6.07, 6.45) is 6.13. The van der Waals surface area contributed by atoms with Gasteiger partial charge in [0.25, 0.3) is 0 Å². The molecule has 0 fully saturated rings. The summed E-state index contributed by atoms with van der Waals surface area (Å²) in [6, 6.07) is 1.89. The van der Waals surface area contributed by atoms with Crippen molar-refractivity contribution in [3.8, 4) is 0 Å². The number of aliphatic imine (C=N–C) groups is 1. The van der Waals surface area contributed by atoms with E-state index in [0.29, 0.717) is 53.7 Å². The molecule has 0 radical (unpaired) electrons. The normalized spacial score (nSPS) is 17.5. The molecule has 1 aliphatic rings. The van der Waals surface area contributed by atoms with Crippen molar-refractivity contribution in [1.29, 1.82) is 0 Å². The number of nitrogens with two attached hydrogens (primary N) is 2. The Balaban J connectivity index is 2.13. The molecule has 0 saturated heterocycles. The molecule has 8 N–H and O–H groups in total. The maximum absolute atomic E-state index is 13.2. The summed E-state index contributed by atoms with van der Waals surface area (Å²) >= 11 is 13.4. The number of carboxylic acid groups (broad SMARTS) is 2. The number of aliphatic carboxylic acids is 2. The van der Waals surface area contributed by atoms with Gasteiger partial charge in [-0.15, -0.1) is 0 Å². The molecule has 1 aromatic carbocycles. The second-order valence-corrected chi connectivity index (χ2v) is 12.3. The van der Waals surface area contributed by atoms with E-state index in [1.165, 1.54) is 0 Å². The van der Waals surface area contributed by atoms with Gasteiger partial charge in [-0.2, -0.15) is 0 Å². The lowest BCUT2D eigenvalue weighted by atomic mass is 9.90. The predicted molar refractivity (Wildman–Crippen MR) is 171 cm³/mol. The zero-order valence-corrected chi connectivity index (χ0v) is 26.5. The van der Waals surface area contributed by atoms with Gasteiger partial charge in [0.15, 0.2) is 5.12 Å². The fraction of sp³-hybridized carbons (Fsp3) is 0.517. The van der Waals surface area contributed by atoms with Gasteiger partial charge in [-0.05, 0) is 56.9 Å². The maximum atomic E-state index is 13.2. The van der Waals surface area contributed by atoms with E-state index in [1.54, 1.807) is 18.2 Å². The molecule has 44 heavy (non-hydrogen) atoms. The van der Waals surface area contributed by atoms with Gasteiger partial charge in [0, 0.05) is 36.3 Å². The zero-order valence-electron chi connectivity index (χ0n) is 24.2. The lowest BCUT2D eigenvalue weighted by Gasteiger charge is -2.23. The first kappa shape index (κ1) is 37.2. The largest absolute Gasteiger partial charge is 0.481 e. The standard InChI is InChI=1S/C29H39Cl2N5O7S/c30-19-8-5-9-20(31)27(19)36-22-10-2-1-6-17(22)14-26(40)44-16-23(35-24(37)12-11-21(33)29(42)43)28(41)34-18(15-25(38)39)7-3-4-13-32/h2,5,8-10,17-18,21,23H,1,3-4,6-7,11-16,32-33H2,(H,34,41)(H,35,37)(H,38,39)(H,42,43). The van der Waals surface area contributed by atoms with Crippen LogP contribution in [0.2, 0.25) is 10.0 Å². The van der Waals surface area contributed by atoms with E-state index in [9.17, 15) is 29.1 Å². The number of para-hydroxylation sites is 1. The number of nitrogens with one attached hydrogen (secondary N) is 2. The number of hydrogen-bond acceptors (Lipinski definition) is 9. The fourth-order valence-electron chi connectivity index (χ4n) is 4.41. The van der Waals surface area contributed by atoms with Crippen molar-refractivity contribution >= 4 is 75.2 Å². The van der Waals surface area contributed by atoms with Gasteiger partial charge in [-0.1, -0.05) is 53.5 Å². The lowest BCUT2D eigenvalue weighted by Crippen LogP contribution is -2.51. The highest BCUT2D eigenvalue weighted by Crippen LogP contribution is 2.35. The van der Waals surface area contributed by atoms with Crippen LogP contribution in [0.4, 0.5) is 5.69 Å². The van der Waals surface area contributed by atoms with Gasteiger partial charge in [0.05, 0.1) is 16.5 Å². The summed E-state index contributed by atoms with van der Waals surface area (Å²) < 4.78 is 0. The van der Waals surface area contributed by atoms with Crippen LogP contribution in [0.5, 0.6) is 0 Å². The predicted octanol–water partition coefficient (Wildman–Crippen LogP) is 3.45. The van der Waals surface area contributed by atoms with E-state index in [1.807, 2.05) is 12.2 Å². The molecule has 0 saturated carbocycles. The fourth-order valence-corrected chi connectivity index (χ4v) is 5.80. The number of amides is 2. The monoisotopic (exact) mass is 671 g/mol. The van der Waals surface area contributed by atoms with Crippen molar-refractivity contribution in [2.45, 2.75) is 75.9 Å². The molecule has 0 aliphatic heterocycles. The van der Waals surface area contributed by atoms with Crippen molar-refractivity contribution < 1.29 is 34.2 Å². The van der Waals surface area contributed by atoms with Gasteiger partial charge in [0.2, 0.25) is 11.8 Å². The minimum absolute atomic E-state index is 0.104. The average Bonchev–Trinajstić information content (AvgIpc) is 2.96. The molecular weight excluding hydrogens is 633 g/mol. The van der Waals surface area contributed by atoms with Crippen molar-refractivity contribution in [2.24, 2.45) is 22.4 Å². The number of carboxylic acids is 2. The van der Waals surface area contributed by atoms with E-state index < -0.39 is 41.9 Å². The lowest BCUT2D eigenvalue weighted by molar-refractivity contribution is -0.140. The number of thioether (sulfide) groups is 1. The third-order valence-corrected chi connectivity index (χ3v) is 8.42. The number of halogens is 2. The number of carbonyl (C=O) groups excluding carboxylic acids is 3. The first-order valence-corrected chi connectivity index (χ1v) is 16.0. The molecule has 1 aliphatic carbocycles. The molecule has 242 valence electrons. The highest BCUT2D eigenvalue weighted by atomic mass is 35.5. The number of carbonyl (C=O) groups is 5. The Kier molecular flexibility index (Phi) is 16.4. The van der Waals surface area contributed by atoms with Crippen molar-refractivity contribution in [2.75, 3.05) is 12.3 Å². The average molecular weight is 673 g/mol. The van der Waals surface area contributed by atoms with Crippen LogP contribution >= 0.6 is 35.0 Å². The third kappa shape index (κ3) is 13.3. The maximum Gasteiger partial charge on any atom is 0.320 e. The highest BCUT2D eigenvalue weighted by Gasteiger charge is 2.28. The first-order chi connectivity index (χ1) is 20.9. The summed E-state index contributed by atoms with van der Waals surface area (Å²) in [4.78, 5) is 66.0. The number of allylic oxidation sites excluding steroid dienone is 2. The zero-order chi connectivity index (χ0) is 32.6. The smallest absolute Gasteiger partial charge is 0.320 e. The minimum atomic E-state index is -1.26. The minimum Gasteiger partial charge on any atom is -0.481 e. The Morgan fingerprint density at radius 1 is 1.07 bits per heavy atom. The number of nitrogens with zero attached hydrogens (tertiary/aromatic N) is 1. The third-order valence-electron chi connectivity index (χ3n) is 6.82. The topological polar surface area (TPSA) is 214 Å². The van der Waals surface area contributed by atoms with E-state index in [4.69, 9.17) is 39.8 Å². The van der Waals surface area contributed by atoms with E-state index >= 15 is 0 Å². The first-order valence-electron chi connectivity index (χ1n) is 14.3. The second-order valence-electron chi connectivity index (χ2n) is 10.4. The van der Waals surface area contributed by atoms with E-state index in [0.717, 1.165) is 18.2 Å². The summed E-state index contributed by atoms with van der Waals surface area (Å²) in [6.45, 7) is 0.415. The number of unbranched alkanes of at least 4 members (excludes halogenated alkanes) is 1. The Morgan fingerprint density at radius 2 is 1.77 bits per heavy atom. The molecule has 1 aromatic rings. The Labute approximate surface area is 270 Å². The summed E-state index contributed by atoms with van der Waals surface area (Å²) in [5.41, 5.74) is 12.1. The molecule has 2 rings (SSSR count). The van der Waals surface area contributed by atoms with Crippen LogP contribution in [0, 0.1) is 5.92 Å². The van der Waals surface area contributed by atoms with Crippen molar-refractivity contribution in [3.05, 3.63) is 40.4 Å². The Morgan fingerprint density at radius 3 is 2.41 bits per heavy atom. The van der Waals surface area contributed by atoms with Crippen LogP contribution in [-0.2, 0) is 24.0 Å². The van der Waals surface area contributed by atoms with E-state index in [-0.39, 0.29) is 42.5 Å². The van der Waals surface area contributed by atoms with Crippen LogP contribution in [0.3, 0.4) is 0 Å². The Hall–Kier alpha value is -2.97. The molecular formula is C29H39Cl2N5O7S. The number of hydrogen-bond donors (Lipinski definition) is 6. The van der Waals surface area contributed by atoms with Crippen LogP contribution < -0.4 is 22.1 Å². The molecule has 12 nitrogen and oxygen atoms in total. The number of benzene rings is 1. The molecule has 0 bridgehead atoms. The van der Waals surface area contributed by atoms with E-state index in [2.05, 4.69) is 15.6 Å². The SMILES string of the molecule is NCCCCC(CC(=O)O)NC(=O)C(CSC(=O)CC1CCC=CC1=Nc1c(Cl)cccc1Cl)NC(=O)CCC(N)C(=O)O. The van der Waals surface area contributed by atoms with Crippen LogP contribution in [0.25, 0.3) is 0 Å². The molecule has 15 heteroatoms. The van der Waals surface area contributed by atoms with Crippen molar-refractivity contribution in [1.82, 2.24) is 10.6 Å². The van der Waals surface area contributed by atoms with Gasteiger partial charge in [0.1, 0.15) is 17.8 Å². The summed E-state index contributed by atoms with van der Waals surface area (Å²) in [5.74, 6) is -4.01. The molecule has 4 atom stereocenters. The number of rotatable bonds is 18. The van der Waals surface area contributed by atoms with Gasteiger partial charge >= 0.3 is 11.9 Å². The molecule has 0 heterocycles.